The van der Waals surface area contributed by atoms with Gasteiger partial charge in [0.25, 0.3) is 0 Å². The number of nitrogens with one attached hydrogen (secondary N) is 1. The average Bonchev–Trinajstić information content (AvgIpc) is 2.97. The summed E-state index contributed by atoms with van der Waals surface area (Å²) in [6.45, 7) is 2.26. The van der Waals surface area contributed by atoms with E-state index >= 15 is 0 Å². The minimum atomic E-state index is -1.20. The highest BCUT2D eigenvalue weighted by atomic mass is 16.5. The maximum atomic E-state index is 11.4. The van der Waals surface area contributed by atoms with Gasteiger partial charge in [-0.25, -0.2) is 4.79 Å². The smallest absolute Gasteiger partial charge is 0.335 e. The van der Waals surface area contributed by atoms with Crippen LogP contribution in [0.3, 0.4) is 0 Å². The van der Waals surface area contributed by atoms with Crippen molar-refractivity contribution >= 4 is 47.9 Å². The van der Waals surface area contributed by atoms with E-state index in [0.717, 1.165) is 18.0 Å². The third kappa shape index (κ3) is 10.6. The van der Waals surface area contributed by atoms with Crippen molar-refractivity contribution in [3.8, 4) is 11.5 Å². The van der Waals surface area contributed by atoms with Crippen LogP contribution < -0.4 is 24.6 Å². The van der Waals surface area contributed by atoms with Gasteiger partial charge in [-0.05, 0) is 49.4 Å². The molecular formula is C30H33N3O9. The minimum Gasteiger partial charge on any atom is -0.488 e. The minimum absolute atomic E-state index is 0.0530. The van der Waals surface area contributed by atoms with Crippen molar-refractivity contribution in [3.05, 3.63) is 78.5 Å². The maximum Gasteiger partial charge on any atom is 0.335 e. The molecule has 42 heavy (non-hydrogen) atoms. The lowest BCUT2D eigenvalue weighted by Crippen LogP contribution is -2.31. The average molecular weight is 580 g/mol. The molecule has 0 aliphatic rings. The van der Waals surface area contributed by atoms with Gasteiger partial charge in [-0.1, -0.05) is 18.2 Å². The molecular weight excluding hydrogens is 546 g/mol. The second-order valence-corrected chi connectivity index (χ2v) is 8.42. The molecule has 0 amide bonds. The van der Waals surface area contributed by atoms with E-state index in [0.29, 0.717) is 36.2 Å². The number of para-hydroxylation sites is 2. The molecule has 0 saturated heterocycles. The van der Waals surface area contributed by atoms with Crippen molar-refractivity contribution in [2.75, 3.05) is 54.5 Å². The maximum absolute atomic E-state index is 11.4. The number of nitrogens with zero attached hydrogens (tertiary/aromatic N) is 2. The fourth-order valence-corrected chi connectivity index (χ4v) is 3.74. The fraction of sp³-hybridized carbons (Fsp3) is 0.233. The largest absolute Gasteiger partial charge is 0.488 e. The lowest BCUT2D eigenvalue weighted by atomic mass is 10.2. The van der Waals surface area contributed by atoms with Crippen LogP contribution in [0.15, 0.2) is 78.5 Å². The number of ether oxygens (including phenoxy) is 2. The summed E-state index contributed by atoms with van der Waals surface area (Å²) >= 11 is 0. The molecule has 12 nitrogen and oxygen atoms in total. The summed E-state index contributed by atoms with van der Waals surface area (Å²) in [5, 5.41) is 21.6. The summed E-state index contributed by atoms with van der Waals surface area (Å²) in [7, 11) is 0. The van der Waals surface area contributed by atoms with Crippen LogP contribution in [0.5, 0.6) is 11.5 Å². The molecule has 0 unspecified atom stereocenters. The van der Waals surface area contributed by atoms with Crippen molar-refractivity contribution in [2.24, 2.45) is 0 Å². The van der Waals surface area contributed by atoms with Crippen molar-refractivity contribution in [1.82, 2.24) is 0 Å². The molecule has 0 aliphatic carbocycles. The number of likely N-dealkylation sites (N-methyl/N-ethyl adjacent to an activating group) is 1. The first kappa shape index (κ1) is 32.8. The number of carbonyl (C=O) groups is 5. The Bertz CT molecular complexity index is 1320. The van der Waals surface area contributed by atoms with Gasteiger partial charge >= 0.3 is 11.9 Å². The highest BCUT2D eigenvalue weighted by molar-refractivity contribution is 5.90. The van der Waals surface area contributed by atoms with Crippen molar-refractivity contribution in [2.45, 2.75) is 6.92 Å². The van der Waals surface area contributed by atoms with E-state index in [-0.39, 0.29) is 37.6 Å². The van der Waals surface area contributed by atoms with Gasteiger partial charge in [-0.15, -0.1) is 0 Å². The van der Waals surface area contributed by atoms with Gasteiger partial charge in [0.1, 0.15) is 50.1 Å². The SMILES string of the molecule is CCN(CC=O)c1ccccc1OCCOc1cc(N\C=C/C(=C\C=C\C=O)C(=O)O)ccc1N(CC=O)CC(=O)O. The topological polar surface area (TPSA) is 163 Å². The number of rotatable bonds is 20. The zero-order chi connectivity index (χ0) is 30.7. The molecule has 3 N–H and O–H groups in total. The summed E-state index contributed by atoms with van der Waals surface area (Å²) in [5.74, 6) is -1.52. The zero-order valence-corrected chi connectivity index (χ0v) is 23.0. The molecule has 0 aliphatic heterocycles. The molecule has 0 radical (unpaired) electrons. The molecule has 2 aromatic carbocycles. The molecule has 0 spiro atoms. The lowest BCUT2D eigenvalue weighted by Gasteiger charge is -2.24. The first-order valence-corrected chi connectivity index (χ1v) is 12.9. The number of carbonyl (C=O) groups excluding carboxylic acids is 3. The molecule has 0 saturated carbocycles. The van der Waals surface area contributed by atoms with Crippen molar-refractivity contribution in [3.63, 3.8) is 0 Å². The molecule has 2 aromatic rings. The molecule has 0 aromatic heterocycles. The third-order valence-corrected chi connectivity index (χ3v) is 5.63. The van der Waals surface area contributed by atoms with E-state index in [1.54, 1.807) is 24.3 Å². The fourth-order valence-electron chi connectivity index (χ4n) is 3.74. The van der Waals surface area contributed by atoms with Crippen LogP contribution in [0.1, 0.15) is 6.92 Å². The van der Waals surface area contributed by atoms with E-state index in [1.165, 1.54) is 29.3 Å². The number of benzene rings is 2. The second kappa shape index (κ2) is 18.1. The summed E-state index contributed by atoms with van der Waals surface area (Å²) in [5.41, 5.74) is 1.51. The second-order valence-electron chi connectivity index (χ2n) is 8.42. The summed E-state index contributed by atoms with van der Waals surface area (Å²) in [4.78, 5) is 58.8. The normalized spacial score (nSPS) is 11.2. The van der Waals surface area contributed by atoms with Gasteiger partial charge in [0.15, 0.2) is 0 Å². The Morgan fingerprint density at radius 2 is 1.55 bits per heavy atom. The Kier molecular flexibility index (Phi) is 14.1. The monoisotopic (exact) mass is 579 g/mol. The number of anilines is 3. The highest BCUT2D eigenvalue weighted by Crippen LogP contribution is 2.32. The van der Waals surface area contributed by atoms with Crippen LogP contribution in [-0.2, 0) is 24.0 Å². The number of hydrogen-bond acceptors (Lipinski definition) is 10. The van der Waals surface area contributed by atoms with Crippen LogP contribution in [-0.4, -0.2) is 80.4 Å². The van der Waals surface area contributed by atoms with Crippen LogP contribution in [0, 0.1) is 0 Å². The molecule has 2 rings (SSSR count). The molecule has 0 heterocycles. The quantitative estimate of drug-likeness (QED) is 0.0911. The molecule has 222 valence electrons. The zero-order valence-electron chi connectivity index (χ0n) is 23.0. The van der Waals surface area contributed by atoms with Gasteiger partial charge in [-0.2, -0.15) is 0 Å². The predicted molar refractivity (Wildman–Crippen MR) is 157 cm³/mol. The van der Waals surface area contributed by atoms with Gasteiger partial charge in [-0.3, -0.25) is 9.59 Å². The summed E-state index contributed by atoms with van der Waals surface area (Å²) in [6.07, 6.45) is 8.31. The van der Waals surface area contributed by atoms with Crippen LogP contribution in [0.2, 0.25) is 0 Å². The Morgan fingerprint density at radius 3 is 2.19 bits per heavy atom. The summed E-state index contributed by atoms with van der Waals surface area (Å²) in [6, 6.07) is 12.0. The van der Waals surface area contributed by atoms with Gasteiger partial charge in [0.05, 0.1) is 30.0 Å². The van der Waals surface area contributed by atoms with E-state index < -0.39 is 18.5 Å². The van der Waals surface area contributed by atoms with Gasteiger partial charge in [0.2, 0.25) is 0 Å². The Labute approximate surface area is 243 Å². The summed E-state index contributed by atoms with van der Waals surface area (Å²) < 4.78 is 11.9. The number of carboxylic acid groups (broad SMARTS) is 2. The van der Waals surface area contributed by atoms with E-state index in [1.807, 2.05) is 30.0 Å². The number of allylic oxidation sites excluding steroid dienone is 3. The van der Waals surface area contributed by atoms with Gasteiger partial charge < -0.3 is 44.4 Å². The van der Waals surface area contributed by atoms with Crippen LogP contribution >= 0.6 is 0 Å². The first-order chi connectivity index (χ1) is 20.3. The van der Waals surface area contributed by atoms with E-state index in [4.69, 9.17) is 9.47 Å². The highest BCUT2D eigenvalue weighted by Gasteiger charge is 2.17. The standard InChI is InChI=1S/C30H33N3O9/c1-2-32(14-17-35)25-8-3-4-9-27(25)41-19-20-42-28-21-24(10-11-26(28)33(15-18-36)22-29(37)38)31-13-12-23(30(39)40)7-5-6-16-34/h3-13,16-18,21,31H,2,14-15,19-20,22H2,1H3,(H,37,38)(H,39,40)/b6-5+,13-12-,23-7+. The number of hydrogen-bond donors (Lipinski definition) is 3. The third-order valence-electron chi connectivity index (χ3n) is 5.63. The Hall–Kier alpha value is -5.39. The van der Waals surface area contributed by atoms with Crippen LogP contribution in [0.25, 0.3) is 0 Å². The van der Waals surface area contributed by atoms with Gasteiger partial charge in [0, 0.05) is 24.5 Å². The van der Waals surface area contributed by atoms with Crippen molar-refractivity contribution < 1.29 is 43.7 Å². The van der Waals surface area contributed by atoms with E-state index in [2.05, 4.69) is 5.32 Å². The molecule has 0 atom stereocenters. The lowest BCUT2D eigenvalue weighted by molar-refractivity contribution is -0.135. The number of carboxylic acids is 2. The number of aliphatic carboxylic acids is 2. The predicted octanol–water partition coefficient (Wildman–Crippen LogP) is 2.95. The van der Waals surface area contributed by atoms with E-state index in [9.17, 15) is 34.2 Å². The number of aldehydes is 3. The Balaban J connectivity index is 2.26. The molecule has 12 heteroatoms. The van der Waals surface area contributed by atoms with Crippen molar-refractivity contribution in [1.29, 1.82) is 0 Å². The Morgan fingerprint density at radius 1 is 0.881 bits per heavy atom. The molecule has 0 fully saturated rings. The first-order valence-electron chi connectivity index (χ1n) is 12.9. The van der Waals surface area contributed by atoms with Crippen LogP contribution in [0.4, 0.5) is 17.1 Å². The molecule has 0 bridgehead atoms.